The van der Waals surface area contributed by atoms with Crippen molar-refractivity contribution < 1.29 is 4.79 Å². The van der Waals surface area contributed by atoms with Crippen molar-refractivity contribution in [3.05, 3.63) is 46.9 Å². The molecule has 1 atom stereocenters. The van der Waals surface area contributed by atoms with E-state index in [1.165, 1.54) is 5.56 Å². The zero-order chi connectivity index (χ0) is 18.3. The summed E-state index contributed by atoms with van der Waals surface area (Å²) in [5, 5.41) is 4.15. The third kappa shape index (κ3) is 3.03. The second-order valence-corrected chi connectivity index (χ2v) is 6.95. The van der Waals surface area contributed by atoms with Gasteiger partial charge in [-0.2, -0.15) is 0 Å². The largest absolute Gasteiger partial charge is 0.294 e. The summed E-state index contributed by atoms with van der Waals surface area (Å²) in [7, 11) is 0. The van der Waals surface area contributed by atoms with Gasteiger partial charge in [0.25, 0.3) is 0 Å². The summed E-state index contributed by atoms with van der Waals surface area (Å²) in [5.74, 6) is 1.32. The summed E-state index contributed by atoms with van der Waals surface area (Å²) in [4.78, 5) is 30.0. The third-order valence-electron chi connectivity index (χ3n) is 4.83. The quantitative estimate of drug-likeness (QED) is 0.776. The number of nitrogens with zero attached hydrogens (tertiary/aromatic N) is 4. The van der Waals surface area contributed by atoms with Gasteiger partial charge in [0.05, 0.1) is 22.5 Å². The maximum atomic E-state index is 12.1. The third-order valence-corrected chi connectivity index (χ3v) is 4.83. The highest BCUT2D eigenvalue weighted by molar-refractivity contribution is 5.98. The van der Waals surface area contributed by atoms with Crippen molar-refractivity contribution in [2.45, 2.75) is 40.0 Å². The maximum Gasteiger partial charge on any atom is 0.230 e. The molecule has 0 saturated carbocycles. The predicted molar refractivity (Wildman–Crippen MR) is 101 cm³/mol. The van der Waals surface area contributed by atoms with E-state index < -0.39 is 0 Å². The van der Waals surface area contributed by atoms with Crippen LogP contribution in [0.1, 0.15) is 47.6 Å². The minimum Gasteiger partial charge on any atom is -0.294 e. The molecule has 4 rings (SSSR count). The Labute approximate surface area is 152 Å². The first-order chi connectivity index (χ1) is 12.5. The van der Waals surface area contributed by atoms with E-state index in [1.54, 1.807) is 6.20 Å². The van der Waals surface area contributed by atoms with E-state index in [4.69, 9.17) is 0 Å². The number of carbonyl (C=O) groups excluding carboxylic acids is 1. The zero-order valence-corrected chi connectivity index (χ0v) is 15.2. The van der Waals surface area contributed by atoms with Crippen LogP contribution in [0.25, 0.3) is 10.9 Å². The summed E-state index contributed by atoms with van der Waals surface area (Å²) in [6.45, 7) is 6.17. The molecule has 2 aromatic heterocycles. The van der Waals surface area contributed by atoms with E-state index in [2.05, 4.69) is 51.2 Å². The van der Waals surface area contributed by atoms with Crippen LogP contribution in [0.15, 0.2) is 24.4 Å². The van der Waals surface area contributed by atoms with Gasteiger partial charge in [-0.25, -0.2) is 19.9 Å². The fourth-order valence-corrected chi connectivity index (χ4v) is 3.40. The Bertz CT molecular complexity index is 1010. The van der Waals surface area contributed by atoms with Gasteiger partial charge < -0.3 is 0 Å². The molecule has 2 heterocycles. The molecule has 132 valence electrons. The van der Waals surface area contributed by atoms with Crippen molar-refractivity contribution in [1.82, 2.24) is 19.9 Å². The lowest BCUT2D eigenvalue weighted by atomic mass is 9.88. The fourth-order valence-electron chi connectivity index (χ4n) is 3.40. The Morgan fingerprint density at radius 2 is 2.00 bits per heavy atom. The molecule has 1 aliphatic carbocycles. The number of aryl methyl sites for hydroxylation is 2. The number of anilines is 2. The molecule has 0 unspecified atom stereocenters. The van der Waals surface area contributed by atoms with Crippen molar-refractivity contribution in [2.75, 3.05) is 5.32 Å². The molecular formula is C20H21N5O. The van der Waals surface area contributed by atoms with Crippen LogP contribution in [0.2, 0.25) is 0 Å². The maximum absolute atomic E-state index is 12.1. The molecule has 6 nitrogen and oxygen atoms in total. The van der Waals surface area contributed by atoms with Gasteiger partial charge >= 0.3 is 0 Å². The van der Waals surface area contributed by atoms with Gasteiger partial charge in [0.2, 0.25) is 11.9 Å². The monoisotopic (exact) mass is 347 g/mol. The van der Waals surface area contributed by atoms with Crippen molar-refractivity contribution in [1.29, 1.82) is 0 Å². The van der Waals surface area contributed by atoms with Crippen LogP contribution in [-0.4, -0.2) is 25.7 Å². The first kappa shape index (κ1) is 16.6. The Balaban J connectivity index is 1.67. The molecular weight excluding hydrogens is 326 g/mol. The Kier molecular flexibility index (Phi) is 4.11. The Hall–Kier alpha value is -2.89. The lowest BCUT2D eigenvalue weighted by Crippen LogP contribution is -2.20. The molecule has 3 aromatic rings. The van der Waals surface area contributed by atoms with E-state index >= 15 is 0 Å². The highest BCUT2D eigenvalue weighted by Crippen LogP contribution is 2.25. The van der Waals surface area contributed by atoms with Gasteiger partial charge in [-0.3, -0.25) is 10.1 Å². The molecule has 0 bridgehead atoms. The molecule has 0 saturated heterocycles. The van der Waals surface area contributed by atoms with E-state index in [-0.39, 0.29) is 5.78 Å². The topological polar surface area (TPSA) is 80.7 Å². The van der Waals surface area contributed by atoms with Gasteiger partial charge in [0, 0.05) is 18.0 Å². The summed E-state index contributed by atoms with van der Waals surface area (Å²) in [6.07, 6.45) is 3.95. The van der Waals surface area contributed by atoms with Crippen LogP contribution in [-0.2, 0) is 12.8 Å². The number of hydrogen-bond donors (Lipinski definition) is 1. The number of ketones is 1. The zero-order valence-electron chi connectivity index (χ0n) is 15.2. The number of Topliss-reactive ketones (excluding diaryl/α,β-unsaturated/α-hetero) is 1. The second kappa shape index (κ2) is 6.44. The minimum absolute atomic E-state index is 0.120. The van der Waals surface area contributed by atoms with Gasteiger partial charge in [-0.15, -0.1) is 0 Å². The fraction of sp³-hybridized carbons (Fsp3) is 0.350. The van der Waals surface area contributed by atoms with Gasteiger partial charge in [0.1, 0.15) is 0 Å². The molecule has 0 fully saturated rings. The van der Waals surface area contributed by atoms with Crippen molar-refractivity contribution in [3.63, 3.8) is 0 Å². The first-order valence-corrected chi connectivity index (χ1v) is 8.97. The lowest BCUT2D eigenvalue weighted by molar-refractivity contribution is 0.0951. The van der Waals surface area contributed by atoms with Gasteiger partial charge in [-0.05, 0) is 43.4 Å². The number of nitrogens with one attached hydrogen (secondary N) is 1. The number of carbonyl (C=O) groups is 1. The molecule has 0 spiro atoms. The van der Waals surface area contributed by atoms with Crippen LogP contribution in [0.3, 0.4) is 0 Å². The molecule has 0 aliphatic heterocycles. The summed E-state index contributed by atoms with van der Waals surface area (Å²) in [5.41, 5.74) is 4.50. The number of fused-ring (bicyclic) bond motifs is 2. The highest BCUT2D eigenvalue weighted by Gasteiger charge is 2.24. The average Bonchev–Trinajstić information content (AvgIpc) is 2.61. The Morgan fingerprint density at radius 1 is 1.15 bits per heavy atom. The smallest absolute Gasteiger partial charge is 0.230 e. The van der Waals surface area contributed by atoms with Crippen LogP contribution in [0.5, 0.6) is 0 Å². The molecule has 1 aliphatic rings. The van der Waals surface area contributed by atoms with Crippen molar-refractivity contribution >= 4 is 28.6 Å². The van der Waals surface area contributed by atoms with Crippen LogP contribution in [0.4, 0.5) is 11.9 Å². The van der Waals surface area contributed by atoms with Gasteiger partial charge in [-0.1, -0.05) is 19.9 Å². The van der Waals surface area contributed by atoms with Crippen LogP contribution in [0, 0.1) is 12.8 Å². The normalized spacial score (nSPS) is 16.6. The van der Waals surface area contributed by atoms with Crippen molar-refractivity contribution in [2.24, 2.45) is 5.92 Å². The van der Waals surface area contributed by atoms with Gasteiger partial charge in [0.15, 0.2) is 5.78 Å². The number of aromatic nitrogens is 4. The molecule has 6 heteroatoms. The van der Waals surface area contributed by atoms with Crippen LogP contribution >= 0.6 is 0 Å². The highest BCUT2D eigenvalue weighted by atomic mass is 16.1. The Morgan fingerprint density at radius 3 is 2.81 bits per heavy atom. The number of benzene rings is 1. The molecule has 1 aromatic carbocycles. The summed E-state index contributed by atoms with van der Waals surface area (Å²) >= 11 is 0. The van der Waals surface area contributed by atoms with E-state index in [9.17, 15) is 4.79 Å². The van der Waals surface area contributed by atoms with E-state index in [0.29, 0.717) is 29.8 Å². The number of hydrogen-bond acceptors (Lipinski definition) is 6. The predicted octanol–water partition coefficient (Wildman–Crippen LogP) is 3.80. The molecule has 26 heavy (non-hydrogen) atoms. The molecule has 0 amide bonds. The van der Waals surface area contributed by atoms with E-state index in [0.717, 1.165) is 35.1 Å². The SMILES string of the molecule is CCc1ccc2nc(Nc3ncc4c(n3)C[C@@H](C)CC4=O)nc(C)c2c1. The second-order valence-electron chi connectivity index (χ2n) is 6.95. The first-order valence-electron chi connectivity index (χ1n) is 8.97. The average molecular weight is 347 g/mol. The lowest BCUT2D eigenvalue weighted by Gasteiger charge is -2.19. The summed E-state index contributed by atoms with van der Waals surface area (Å²) < 4.78 is 0. The van der Waals surface area contributed by atoms with Crippen molar-refractivity contribution in [3.8, 4) is 0 Å². The standard InChI is InChI=1S/C20H21N5O/c1-4-13-5-6-16-14(9-13)12(3)22-20(23-16)25-19-21-10-15-17(24-19)7-11(2)8-18(15)26/h5-6,9-11H,4,7-8H2,1-3H3,(H,21,22,23,24,25)/t11-/m1/s1. The number of rotatable bonds is 3. The summed E-state index contributed by atoms with van der Waals surface area (Å²) in [6, 6.07) is 6.24. The molecule has 0 radical (unpaired) electrons. The minimum atomic E-state index is 0.120. The molecule has 1 N–H and O–H groups in total. The van der Waals surface area contributed by atoms with Crippen LogP contribution < -0.4 is 5.32 Å². The van der Waals surface area contributed by atoms with E-state index in [1.807, 2.05) is 13.0 Å².